The molecule has 1 aliphatic rings. The molecule has 7 nitrogen and oxygen atoms in total. The van der Waals surface area contributed by atoms with E-state index in [2.05, 4.69) is 5.32 Å². The summed E-state index contributed by atoms with van der Waals surface area (Å²) in [7, 11) is 1.47. The Morgan fingerprint density at radius 1 is 1.03 bits per heavy atom. The van der Waals surface area contributed by atoms with E-state index in [0.29, 0.717) is 17.1 Å². The Labute approximate surface area is 166 Å². The Morgan fingerprint density at radius 3 is 2.48 bits per heavy atom. The molecule has 1 heterocycles. The molecule has 0 atom stereocenters. The molecular weight excluding hydrogens is 372 g/mol. The number of hydrogen-bond acceptors (Lipinski definition) is 5. The number of amides is 2. The van der Waals surface area contributed by atoms with Crippen LogP contribution in [0.4, 0.5) is 11.4 Å². The summed E-state index contributed by atoms with van der Waals surface area (Å²) in [5.41, 5.74) is 1.34. The van der Waals surface area contributed by atoms with Crippen molar-refractivity contribution in [3.63, 3.8) is 0 Å². The largest absolute Gasteiger partial charge is 0.496 e. The highest BCUT2D eigenvalue weighted by Crippen LogP contribution is 2.29. The third-order valence-electron chi connectivity index (χ3n) is 4.69. The first kappa shape index (κ1) is 18.5. The van der Waals surface area contributed by atoms with Crippen LogP contribution in [0.5, 0.6) is 5.75 Å². The number of fused-ring (bicyclic) bond motifs is 2. The molecule has 146 valence electrons. The van der Waals surface area contributed by atoms with Crippen LogP contribution in [0.3, 0.4) is 0 Å². The molecule has 1 aliphatic heterocycles. The zero-order valence-electron chi connectivity index (χ0n) is 15.7. The number of nitrogens with zero attached hydrogens (tertiary/aromatic N) is 1. The van der Waals surface area contributed by atoms with E-state index in [-0.39, 0.29) is 18.0 Å². The molecule has 1 N–H and O–H groups in total. The maximum absolute atomic E-state index is 12.6. The molecule has 0 unspecified atom stereocenters. The minimum absolute atomic E-state index is 0.132. The fraction of sp³-hybridized carbons (Fsp3) is 0.136. The van der Waals surface area contributed by atoms with Gasteiger partial charge in [0.1, 0.15) is 17.9 Å². The van der Waals surface area contributed by atoms with Gasteiger partial charge in [-0.15, -0.1) is 0 Å². The van der Waals surface area contributed by atoms with Gasteiger partial charge >= 0.3 is 5.97 Å². The molecule has 3 aromatic carbocycles. The van der Waals surface area contributed by atoms with E-state index >= 15 is 0 Å². The number of benzene rings is 3. The number of nitrogens with one attached hydrogen (secondary N) is 1. The average Bonchev–Trinajstić information content (AvgIpc) is 2.75. The maximum atomic E-state index is 12.6. The molecule has 4 rings (SSSR count). The third kappa shape index (κ3) is 3.62. The summed E-state index contributed by atoms with van der Waals surface area (Å²) in [6.07, 6.45) is 0. The predicted molar refractivity (Wildman–Crippen MR) is 108 cm³/mol. The van der Waals surface area contributed by atoms with E-state index in [4.69, 9.17) is 9.47 Å². The second kappa shape index (κ2) is 7.63. The number of anilines is 2. The lowest BCUT2D eigenvalue weighted by atomic mass is 10.1. The average molecular weight is 390 g/mol. The van der Waals surface area contributed by atoms with Crippen LogP contribution in [0, 0.1) is 0 Å². The van der Waals surface area contributed by atoms with Gasteiger partial charge in [0.05, 0.1) is 18.5 Å². The monoisotopic (exact) mass is 390 g/mol. The summed E-state index contributed by atoms with van der Waals surface area (Å²) in [5.74, 6) is -1.10. The lowest BCUT2D eigenvalue weighted by molar-refractivity contribution is -0.124. The number of para-hydroxylation sites is 2. The molecule has 0 aliphatic carbocycles. The smallest absolute Gasteiger partial charge is 0.342 e. The van der Waals surface area contributed by atoms with Crippen molar-refractivity contribution in [1.82, 2.24) is 0 Å². The van der Waals surface area contributed by atoms with Crippen LogP contribution in [0.2, 0.25) is 0 Å². The van der Waals surface area contributed by atoms with Crippen LogP contribution < -0.4 is 15.0 Å². The molecule has 0 aromatic heterocycles. The van der Waals surface area contributed by atoms with Crippen molar-refractivity contribution in [2.45, 2.75) is 0 Å². The number of esters is 1. The lowest BCUT2D eigenvalue weighted by Crippen LogP contribution is -2.44. The van der Waals surface area contributed by atoms with E-state index in [1.165, 1.54) is 12.0 Å². The van der Waals surface area contributed by atoms with Gasteiger partial charge in [-0.25, -0.2) is 4.79 Å². The highest BCUT2D eigenvalue weighted by molar-refractivity contribution is 6.10. The van der Waals surface area contributed by atoms with Crippen LogP contribution in [-0.4, -0.2) is 38.0 Å². The van der Waals surface area contributed by atoms with Crippen LogP contribution in [0.25, 0.3) is 10.8 Å². The fourth-order valence-electron chi connectivity index (χ4n) is 3.29. The molecule has 3 aromatic rings. The lowest BCUT2D eigenvalue weighted by Gasteiger charge is -2.28. The van der Waals surface area contributed by atoms with Gasteiger partial charge in [-0.1, -0.05) is 36.4 Å². The van der Waals surface area contributed by atoms with E-state index in [1.807, 2.05) is 24.3 Å². The van der Waals surface area contributed by atoms with Gasteiger partial charge < -0.3 is 14.8 Å². The first-order valence-corrected chi connectivity index (χ1v) is 9.00. The normalized spacial score (nSPS) is 12.9. The zero-order valence-corrected chi connectivity index (χ0v) is 15.7. The highest BCUT2D eigenvalue weighted by atomic mass is 16.5. The van der Waals surface area contributed by atoms with Crippen molar-refractivity contribution in [2.24, 2.45) is 0 Å². The van der Waals surface area contributed by atoms with Crippen molar-refractivity contribution < 1.29 is 23.9 Å². The Morgan fingerprint density at radius 2 is 1.72 bits per heavy atom. The topological polar surface area (TPSA) is 84.9 Å². The van der Waals surface area contributed by atoms with Gasteiger partial charge in [0.15, 0.2) is 6.61 Å². The van der Waals surface area contributed by atoms with Gasteiger partial charge in [-0.3, -0.25) is 14.5 Å². The molecule has 0 saturated carbocycles. The summed E-state index contributed by atoms with van der Waals surface area (Å²) in [5, 5.41) is 4.49. The molecule has 2 amide bonds. The molecule has 0 saturated heterocycles. The van der Waals surface area contributed by atoms with Crippen molar-refractivity contribution in [3.05, 3.63) is 66.2 Å². The molecule has 0 fully saturated rings. The van der Waals surface area contributed by atoms with E-state index < -0.39 is 18.5 Å². The van der Waals surface area contributed by atoms with Gasteiger partial charge in [0.2, 0.25) is 5.91 Å². The van der Waals surface area contributed by atoms with Crippen LogP contribution in [0.1, 0.15) is 10.4 Å². The summed E-state index contributed by atoms with van der Waals surface area (Å²) >= 11 is 0. The fourth-order valence-corrected chi connectivity index (χ4v) is 3.29. The third-order valence-corrected chi connectivity index (χ3v) is 4.69. The minimum atomic E-state index is -0.671. The zero-order chi connectivity index (χ0) is 20.4. The molecule has 7 heteroatoms. The van der Waals surface area contributed by atoms with Gasteiger partial charge in [-0.05, 0) is 35.0 Å². The summed E-state index contributed by atoms with van der Waals surface area (Å²) in [4.78, 5) is 38.4. The standard InChI is InChI=1S/C22H18N2O5/c1-28-19-11-15-7-3-2-6-14(15)10-16(19)22(27)29-13-21(26)24-12-20(25)23-17-8-4-5-9-18(17)24/h2-11H,12-13H2,1H3,(H,23,25). The first-order chi connectivity index (χ1) is 14.1. The number of ether oxygens (including phenoxy) is 2. The molecule has 0 spiro atoms. The second-order valence-corrected chi connectivity index (χ2v) is 6.52. The Balaban J connectivity index is 1.52. The Kier molecular flexibility index (Phi) is 4.87. The van der Waals surface area contributed by atoms with Gasteiger partial charge in [0.25, 0.3) is 5.91 Å². The Bertz CT molecular complexity index is 1130. The van der Waals surface area contributed by atoms with Crippen molar-refractivity contribution in [1.29, 1.82) is 0 Å². The van der Waals surface area contributed by atoms with E-state index in [1.54, 1.807) is 36.4 Å². The predicted octanol–water partition coefficient (Wildman–Crippen LogP) is 2.99. The minimum Gasteiger partial charge on any atom is -0.496 e. The maximum Gasteiger partial charge on any atom is 0.342 e. The number of hydrogen-bond donors (Lipinski definition) is 1. The number of rotatable bonds is 4. The molecule has 0 radical (unpaired) electrons. The molecular formula is C22H18N2O5. The molecule has 0 bridgehead atoms. The highest BCUT2D eigenvalue weighted by Gasteiger charge is 2.27. The first-order valence-electron chi connectivity index (χ1n) is 9.00. The van der Waals surface area contributed by atoms with E-state index in [9.17, 15) is 14.4 Å². The second-order valence-electron chi connectivity index (χ2n) is 6.52. The number of carbonyl (C=O) groups excluding carboxylic acids is 3. The van der Waals surface area contributed by atoms with Crippen molar-refractivity contribution in [3.8, 4) is 5.75 Å². The molecule has 29 heavy (non-hydrogen) atoms. The van der Waals surface area contributed by atoms with Crippen LogP contribution in [0.15, 0.2) is 60.7 Å². The summed E-state index contributed by atoms with van der Waals surface area (Å²) in [6, 6.07) is 17.9. The summed E-state index contributed by atoms with van der Waals surface area (Å²) < 4.78 is 10.6. The van der Waals surface area contributed by atoms with E-state index in [0.717, 1.165) is 10.8 Å². The van der Waals surface area contributed by atoms with Gasteiger partial charge in [-0.2, -0.15) is 0 Å². The van der Waals surface area contributed by atoms with Crippen LogP contribution >= 0.6 is 0 Å². The Hall–Kier alpha value is -3.87. The SMILES string of the molecule is COc1cc2ccccc2cc1C(=O)OCC(=O)N1CC(=O)Nc2ccccc21. The van der Waals surface area contributed by atoms with Gasteiger partial charge in [0, 0.05) is 0 Å². The van der Waals surface area contributed by atoms with Crippen LogP contribution in [-0.2, 0) is 14.3 Å². The summed E-state index contributed by atoms with van der Waals surface area (Å²) in [6.45, 7) is -0.622. The van der Waals surface area contributed by atoms with Crippen molar-refractivity contribution in [2.75, 3.05) is 30.5 Å². The number of carbonyl (C=O) groups is 3. The van der Waals surface area contributed by atoms with Crippen molar-refractivity contribution >= 4 is 39.9 Å². The quantitative estimate of drug-likeness (QED) is 0.693. The number of methoxy groups -OCH3 is 1.